The molecule has 0 aliphatic rings. The molecule has 0 bridgehead atoms. The van der Waals surface area contributed by atoms with Crippen LogP contribution in [0.4, 0.5) is 5.69 Å². The predicted octanol–water partition coefficient (Wildman–Crippen LogP) is 5.05. The van der Waals surface area contributed by atoms with Crippen LogP contribution < -0.4 is 20.1 Å². The molecule has 0 aliphatic heterocycles. The normalized spacial score (nSPS) is 10.7. The van der Waals surface area contributed by atoms with Crippen LogP contribution in [-0.4, -0.2) is 25.0 Å². The van der Waals surface area contributed by atoms with Crippen LogP contribution in [0.1, 0.15) is 41.9 Å². The standard InChI is InChI=1S/C26H28N2O5/c1-3-15-32-22-13-9-19(17-24(22)31-4-2)10-14-25(29)27-18-20-7-11-21(12-8-20)28-26(30)23-6-5-16-33-23/h5-14,16-17H,3-4,15,18H2,1-2H3,(H,27,29)(H,28,30)/b14-10+. The van der Waals surface area contributed by atoms with Crippen molar-refractivity contribution in [2.45, 2.75) is 26.8 Å². The monoisotopic (exact) mass is 448 g/mol. The van der Waals surface area contributed by atoms with E-state index >= 15 is 0 Å². The minimum absolute atomic E-state index is 0.213. The fourth-order valence-corrected chi connectivity index (χ4v) is 2.95. The molecule has 0 saturated heterocycles. The van der Waals surface area contributed by atoms with Crippen LogP contribution in [0.3, 0.4) is 0 Å². The highest BCUT2D eigenvalue weighted by molar-refractivity contribution is 6.02. The number of amides is 2. The highest BCUT2D eigenvalue weighted by atomic mass is 16.5. The number of carbonyl (C=O) groups excluding carboxylic acids is 2. The maximum atomic E-state index is 12.2. The maximum absolute atomic E-state index is 12.2. The number of hydrogen-bond acceptors (Lipinski definition) is 5. The molecule has 1 aromatic heterocycles. The second-order valence-electron chi connectivity index (χ2n) is 7.17. The van der Waals surface area contributed by atoms with Gasteiger partial charge in [-0.05, 0) is 66.9 Å². The second-order valence-corrected chi connectivity index (χ2v) is 7.17. The zero-order valence-corrected chi connectivity index (χ0v) is 18.8. The summed E-state index contributed by atoms with van der Waals surface area (Å²) >= 11 is 0. The first-order chi connectivity index (χ1) is 16.1. The van der Waals surface area contributed by atoms with Crippen molar-refractivity contribution in [2.24, 2.45) is 0 Å². The zero-order valence-electron chi connectivity index (χ0n) is 18.8. The minimum atomic E-state index is -0.316. The summed E-state index contributed by atoms with van der Waals surface area (Å²) < 4.78 is 16.4. The lowest BCUT2D eigenvalue weighted by atomic mass is 10.1. The van der Waals surface area contributed by atoms with E-state index in [-0.39, 0.29) is 17.6 Å². The summed E-state index contributed by atoms with van der Waals surface area (Å²) in [4.78, 5) is 24.2. The first kappa shape index (κ1) is 23.7. The first-order valence-electron chi connectivity index (χ1n) is 10.9. The molecule has 3 aromatic rings. The Balaban J connectivity index is 1.51. The topological polar surface area (TPSA) is 89.8 Å². The number of ether oxygens (including phenoxy) is 2. The van der Waals surface area contributed by atoms with Gasteiger partial charge in [0.05, 0.1) is 19.5 Å². The molecule has 172 valence electrons. The van der Waals surface area contributed by atoms with Crippen LogP contribution >= 0.6 is 0 Å². The van der Waals surface area contributed by atoms with Crippen molar-refractivity contribution >= 4 is 23.6 Å². The van der Waals surface area contributed by atoms with E-state index < -0.39 is 0 Å². The molecule has 7 nitrogen and oxygen atoms in total. The van der Waals surface area contributed by atoms with Gasteiger partial charge in [-0.3, -0.25) is 9.59 Å². The lowest BCUT2D eigenvalue weighted by Gasteiger charge is -2.12. The fourth-order valence-electron chi connectivity index (χ4n) is 2.95. The summed E-state index contributed by atoms with van der Waals surface area (Å²) in [6, 6.07) is 16.1. The average molecular weight is 449 g/mol. The number of nitrogens with one attached hydrogen (secondary N) is 2. The average Bonchev–Trinajstić information content (AvgIpc) is 3.37. The van der Waals surface area contributed by atoms with Gasteiger partial charge in [-0.2, -0.15) is 0 Å². The Labute approximate surface area is 193 Å². The van der Waals surface area contributed by atoms with Crippen LogP contribution in [0.15, 0.2) is 71.4 Å². The second kappa shape index (κ2) is 12.1. The lowest BCUT2D eigenvalue weighted by molar-refractivity contribution is -0.116. The first-order valence-corrected chi connectivity index (χ1v) is 10.9. The van der Waals surface area contributed by atoms with Crippen LogP contribution in [0.5, 0.6) is 11.5 Å². The van der Waals surface area contributed by atoms with Crippen LogP contribution in [0.25, 0.3) is 6.08 Å². The third kappa shape index (κ3) is 7.28. The van der Waals surface area contributed by atoms with E-state index in [0.29, 0.717) is 36.9 Å². The van der Waals surface area contributed by atoms with Crippen molar-refractivity contribution in [3.8, 4) is 11.5 Å². The van der Waals surface area contributed by atoms with Gasteiger partial charge in [0.25, 0.3) is 5.91 Å². The van der Waals surface area contributed by atoms with E-state index in [1.165, 1.54) is 12.3 Å². The van der Waals surface area contributed by atoms with Crippen molar-refractivity contribution in [1.82, 2.24) is 5.32 Å². The van der Waals surface area contributed by atoms with Gasteiger partial charge in [0.2, 0.25) is 5.91 Å². The predicted molar refractivity (Wildman–Crippen MR) is 127 cm³/mol. The molecule has 0 atom stereocenters. The molecule has 33 heavy (non-hydrogen) atoms. The van der Waals surface area contributed by atoms with Crippen LogP contribution in [0.2, 0.25) is 0 Å². The van der Waals surface area contributed by atoms with Crippen molar-refractivity contribution in [3.63, 3.8) is 0 Å². The summed E-state index contributed by atoms with van der Waals surface area (Å²) in [6.07, 6.45) is 5.57. The Bertz CT molecular complexity index is 1070. The molecular weight excluding hydrogens is 420 g/mol. The number of furan rings is 1. The van der Waals surface area contributed by atoms with E-state index in [0.717, 1.165) is 17.5 Å². The largest absolute Gasteiger partial charge is 0.490 e. The Morgan fingerprint density at radius 2 is 1.82 bits per heavy atom. The molecule has 0 radical (unpaired) electrons. The molecule has 3 rings (SSSR count). The summed E-state index contributed by atoms with van der Waals surface area (Å²) in [7, 11) is 0. The van der Waals surface area contributed by atoms with Crippen molar-refractivity contribution < 1.29 is 23.5 Å². The molecule has 2 N–H and O–H groups in total. The van der Waals surface area contributed by atoms with E-state index in [2.05, 4.69) is 10.6 Å². The van der Waals surface area contributed by atoms with Gasteiger partial charge in [-0.1, -0.05) is 25.1 Å². The van der Waals surface area contributed by atoms with Crippen LogP contribution in [-0.2, 0) is 11.3 Å². The fraction of sp³-hybridized carbons (Fsp3) is 0.231. The Hall–Kier alpha value is -4.00. The molecule has 0 spiro atoms. The van der Waals surface area contributed by atoms with Gasteiger partial charge < -0.3 is 24.5 Å². The number of anilines is 1. The van der Waals surface area contributed by atoms with E-state index in [4.69, 9.17) is 13.9 Å². The van der Waals surface area contributed by atoms with Crippen molar-refractivity contribution in [3.05, 3.63) is 83.8 Å². The Kier molecular flexibility index (Phi) is 8.71. The van der Waals surface area contributed by atoms with Crippen molar-refractivity contribution in [1.29, 1.82) is 0 Å². The van der Waals surface area contributed by atoms with Crippen LogP contribution in [0, 0.1) is 0 Å². The molecule has 0 unspecified atom stereocenters. The minimum Gasteiger partial charge on any atom is -0.490 e. The number of hydrogen-bond donors (Lipinski definition) is 2. The molecule has 2 amide bonds. The summed E-state index contributed by atoms with van der Waals surface area (Å²) in [6.45, 7) is 5.48. The molecule has 0 fully saturated rings. The zero-order chi connectivity index (χ0) is 23.5. The third-order valence-corrected chi connectivity index (χ3v) is 4.58. The highest BCUT2D eigenvalue weighted by Gasteiger charge is 2.09. The maximum Gasteiger partial charge on any atom is 0.291 e. The Morgan fingerprint density at radius 3 is 2.52 bits per heavy atom. The van der Waals surface area contributed by atoms with E-state index in [9.17, 15) is 9.59 Å². The smallest absolute Gasteiger partial charge is 0.291 e. The quantitative estimate of drug-likeness (QED) is 0.401. The Morgan fingerprint density at radius 1 is 1.00 bits per heavy atom. The highest BCUT2D eigenvalue weighted by Crippen LogP contribution is 2.29. The summed E-state index contributed by atoms with van der Waals surface area (Å²) in [5.74, 6) is 1.07. The van der Waals surface area contributed by atoms with Gasteiger partial charge in [0.15, 0.2) is 17.3 Å². The van der Waals surface area contributed by atoms with Crippen molar-refractivity contribution in [2.75, 3.05) is 18.5 Å². The summed E-state index contributed by atoms with van der Waals surface area (Å²) in [5.41, 5.74) is 2.39. The van der Waals surface area contributed by atoms with E-state index in [1.54, 1.807) is 30.3 Å². The number of rotatable bonds is 11. The summed E-state index contributed by atoms with van der Waals surface area (Å²) in [5, 5.41) is 5.60. The van der Waals surface area contributed by atoms with Gasteiger partial charge in [0.1, 0.15) is 0 Å². The molecule has 0 saturated carbocycles. The van der Waals surface area contributed by atoms with Gasteiger partial charge in [-0.25, -0.2) is 0 Å². The number of benzene rings is 2. The molecule has 7 heteroatoms. The molecule has 0 aliphatic carbocycles. The van der Waals surface area contributed by atoms with Gasteiger partial charge >= 0.3 is 0 Å². The third-order valence-electron chi connectivity index (χ3n) is 4.58. The van der Waals surface area contributed by atoms with Gasteiger partial charge in [0, 0.05) is 18.3 Å². The van der Waals surface area contributed by atoms with E-state index in [1.807, 2.05) is 44.2 Å². The number of carbonyl (C=O) groups is 2. The SMILES string of the molecule is CCCOc1ccc(/C=C/C(=O)NCc2ccc(NC(=O)c3ccco3)cc2)cc1OCC. The molecular formula is C26H28N2O5. The molecule has 1 heterocycles. The van der Waals surface area contributed by atoms with Gasteiger partial charge in [-0.15, -0.1) is 0 Å². The molecule has 2 aromatic carbocycles. The lowest BCUT2D eigenvalue weighted by Crippen LogP contribution is -2.20.